The Hall–Kier alpha value is -3.72. The number of nitrogens with zero attached hydrogens (tertiary/aromatic N) is 1. The molecular weight excluding hydrogens is 466 g/mol. The van der Waals surface area contributed by atoms with E-state index in [-0.39, 0.29) is 30.7 Å². The molecule has 0 fully saturated rings. The number of fused-ring (bicyclic) bond motifs is 3. The fourth-order valence-corrected chi connectivity index (χ4v) is 4.85. The van der Waals surface area contributed by atoms with Gasteiger partial charge < -0.3 is 20.5 Å². The van der Waals surface area contributed by atoms with E-state index in [1.165, 1.54) is 22.5 Å². The van der Waals surface area contributed by atoms with Crippen molar-refractivity contribution in [3.05, 3.63) is 75.7 Å². The number of nitrogens with one attached hydrogen (secondary N) is 2. The van der Waals surface area contributed by atoms with Crippen molar-refractivity contribution < 1.29 is 24.2 Å². The van der Waals surface area contributed by atoms with E-state index in [9.17, 15) is 14.4 Å². The first-order chi connectivity index (χ1) is 16.9. The highest BCUT2D eigenvalue weighted by Crippen LogP contribution is 2.44. The lowest BCUT2D eigenvalue weighted by Gasteiger charge is -2.14. The third-order valence-corrected chi connectivity index (χ3v) is 6.93. The van der Waals surface area contributed by atoms with Crippen LogP contribution in [0.1, 0.15) is 45.9 Å². The van der Waals surface area contributed by atoms with Crippen molar-refractivity contribution in [2.75, 3.05) is 19.7 Å². The zero-order valence-corrected chi connectivity index (χ0v) is 20.1. The molecule has 0 spiro atoms. The Morgan fingerprint density at radius 3 is 2.34 bits per heavy atom. The molecule has 35 heavy (non-hydrogen) atoms. The first-order valence-corrected chi connectivity index (χ1v) is 12.4. The molecule has 1 heterocycles. The largest absolute Gasteiger partial charge is 0.481 e. The Bertz CT molecular complexity index is 1180. The van der Waals surface area contributed by atoms with E-state index in [4.69, 9.17) is 9.84 Å². The van der Waals surface area contributed by atoms with Crippen LogP contribution in [0.15, 0.2) is 53.9 Å². The summed E-state index contributed by atoms with van der Waals surface area (Å²) in [6, 6.07) is 16.3. The molecule has 1 unspecified atom stereocenters. The summed E-state index contributed by atoms with van der Waals surface area (Å²) in [4.78, 5) is 39.6. The fourth-order valence-electron chi connectivity index (χ4n) is 4.07. The molecule has 182 valence electrons. The van der Waals surface area contributed by atoms with Crippen LogP contribution < -0.4 is 10.6 Å². The van der Waals surface area contributed by atoms with Gasteiger partial charge in [0.2, 0.25) is 0 Å². The second kappa shape index (κ2) is 11.1. The Labute approximate surface area is 207 Å². The molecule has 0 saturated carbocycles. The highest BCUT2D eigenvalue weighted by atomic mass is 32.1. The van der Waals surface area contributed by atoms with E-state index < -0.39 is 18.0 Å². The van der Waals surface area contributed by atoms with Crippen LogP contribution in [0.25, 0.3) is 11.1 Å². The summed E-state index contributed by atoms with van der Waals surface area (Å²) >= 11 is 1.33. The van der Waals surface area contributed by atoms with Gasteiger partial charge in [0, 0.05) is 30.8 Å². The molecule has 9 heteroatoms. The van der Waals surface area contributed by atoms with E-state index in [0.29, 0.717) is 24.4 Å². The van der Waals surface area contributed by atoms with Crippen molar-refractivity contribution in [1.29, 1.82) is 0 Å². The number of hydrogen-bond donors (Lipinski definition) is 3. The van der Waals surface area contributed by atoms with Gasteiger partial charge in [-0.05, 0) is 28.7 Å². The highest BCUT2D eigenvalue weighted by molar-refractivity contribution is 7.09. The summed E-state index contributed by atoms with van der Waals surface area (Å²) < 4.78 is 5.53. The van der Waals surface area contributed by atoms with Crippen molar-refractivity contribution in [3.8, 4) is 11.1 Å². The van der Waals surface area contributed by atoms with Crippen molar-refractivity contribution in [3.63, 3.8) is 0 Å². The van der Waals surface area contributed by atoms with Crippen molar-refractivity contribution in [1.82, 2.24) is 15.6 Å². The van der Waals surface area contributed by atoms with Gasteiger partial charge in [-0.25, -0.2) is 9.78 Å². The minimum absolute atomic E-state index is 0.00618. The molecule has 1 atom stereocenters. The number of carbonyl (C=O) groups excluding carboxylic acids is 2. The molecule has 1 aromatic heterocycles. The number of benzene rings is 2. The predicted octanol–water partition coefficient (Wildman–Crippen LogP) is 4.06. The average molecular weight is 494 g/mol. The molecule has 2 aromatic carbocycles. The van der Waals surface area contributed by atoms with Crippen LogP contribution in [0.5, 0.6) is 0 Å². The maximum absolute atomic E-state index is 12.3. The van der Waals surface area contributed by atoms with Crippen LogP contribution in [0, 0.1) is 5.92 Å². The summed E-state index contributed by atoms with van der Waals surface area (Å²) in [5.41, 5.74) is 4.96. The van der Waals surface area contributed by atoms with Gasteiger partial charge in [-0.3, -0.25) is 9.59 Å². The molecular formula is C26H27N3O5S. The Kier molecular flexibility index (Phi) is 7.77. The lowest BCUT2D eigenvalue weighted by atomic mass is 9.98. The monoisotopic (exact) mass is 493 g/mol. The maximum Gasteiger partial charge on any atom is 0.407 e. The Morgan fingerprint density at radius 2 is 1.69 bits per heavy atom. The second-order valence-corrected chi connectivity index (χ2v) is 9.36. The molecule has 2 amide bonds. The molecule has 1 aliphatic rings. The molecule has 3 aromatic rings. The van der Waals surface area contributed by atoms with E-state index in [1.54, 1.807) is 12.3 Å². The molecule has 0 radical (unpaired) electrons. The van der Waals surface area contributed by atoms with Gasteiger partial charge in [-0.15, -0.1) is 11.3 Å². The molecule has 8 nitrogen and oxygen atoms in total. The van der Waals surface area contributed by atoms with Crippen LogP contribution in [-0.4, -0.2) is 47.8 Å². The summed E-state index contributed by atoms with van der Waals surface area (Å²) in [6.45, 7) is 2.45. The molecule has 0 saturated heterocycles. The van der Waals surface area contributed by atoms with Gasteiger partial charge in [-0.2, -0.15) is 0 Å². The van der Waals surface area contributed by atoms with Crippen LogP contribution in [-0.2, 0) is 16.0 Å². The average Bonchev–Trinajstić information content (AvgIpc) is 3.45. The van der Waals surface area contributed by atoms with Crippen molar-refractivity contribution in [2.24, 2.45) is 5.92 Å². The maximum atomic E-state index is 12.3. The summed E-state index contributed by atoms with van der Waals surface area (Å²) in [5.74, 6) is -1.74. The van der Waals surface area contributed by atoms with Crippen LogP contribution in [0.4, 0.5) is 4.79 Å². The highest BCUT2D eigenvalue weighted by Gasteiger charge is 2.29. The number of amides is 2. The third-order valence-electron chi connectivity index (χ3n) is 6.02. The third kappa shape index (κ3) is 5.86. The van der Waals surface area contributed by atoms with Gasteiger partial charge in [-0.1, -0.05) is 55.5 Å². The van der Waals surface area contributed by atoms with Gasteiger partial charge in [0.15, 0.2) is 0 Å². The van der Waals surface area contributed by atoms with Gasteiger partial charge in [0.25, 0.3) is 5.91 Å². The zero-order chi connectivity index (χ0) is 24.8. The molecule has 0 aliphatic heterocycles. The minimum atomic E-state index is -0.890. The zero-order valence-electron chi connectivity index (χ0n) is 19.3. The summed E-state index contributed by atoms with van der Waals surface area (Å²) in [5, 5.41) is 16.7. The minimum Gasteiger partial charge on any atom is -0.481 e. The van der Waals surface area contributed by atoms with Crippen LogP contribution in [0.2, 0.25) is 0 Å². The number of ether oxygens (including phenoxy) is 1. The summed E-state index contributed by atoms with van der Waals surface area (Å²) in [6.07, 6.45) is 0.328. The number of alkyl carbamates (subject to hydrolysis) is 1. The number of carbonyl (C=O) groups is 3. The standard InChI is InChI=1S/C26H27N3O5S/c1-16(25(31)32)10-12-27-24(30)22-15-35-23(29-22)11-13-28-26(33)34-14-21-19-8-4-2-6-17(19)18-7-3-5-9-20(18)21/h2-9,15-16,21H,10-14H2,1H3,(H,27,30)(H,28,33)(H,31,32). The normalized spacial score (nSPS) is 12.9. The number of carboxylic acid groups (broad SMARTS) is 1. The Balaban J connectivity index is 1.21. The quantitative estimate of drug-likeness (QED) is 0.392. The smallest absolute Gasteiger partial charge is 0.407 e. The number of carboxylic acids is 1. The van der Waals surface area contributed by atoms with Gasteiger partial charge in [0.1, 0.15) is 12.3 Å². The topological polar surface area (TPSA) is 118 Å². The molecule has 3 N–H and O–H groups in total. The number of aliphatic carboxylic acids is 1. The molecule has 1 aliphatic carbocycles. The first-order valence-electron chi connectivity index (χ1n) is 11.5. The van der Waals surface area contributed by atoms with Crippen molar-refractivity contribution >= 4 is 29.3 Å². The first kappa shape index (κ1) is 24.4. The lowest BCUT2D eigenvalue weighted by Crippen LogP contribution is -2.28. The second-order valence-electron chi connectivity index (χ2n) is 8.41. The van der Waals surface area contributed by atoms with Gasteiger partial charge in [0.05, 0.1) is 10.9 Å². The number of hydrogen-bond acceptors (Lipinski definition) is 6. The van der Waals surface area contributed by atoms with Gasteiger partial charge >= 0.3 is 12.1 Å². The van der Waals surface area contributed by atoms with Crippen LogP contribution in [0.3, 0.4) is 0 Å². The Morgan fingerprint density at radius 1 is 1.03 bits per heavy atom. The van der Waals surface area contributed by atoms with E-state index in [1.807, 2.05) is 24.3 Å². The molecule has 4 rings (SSSR count). The van der Waals surface area contributed by atoms with Crippen molar-refractivity contribution in [2.45, 2.75) is 25.7 Å². The van der Waals surface area contributed by atoms with E-state index in [0.717, 1.165) is 11.1 Å². The predicted molar refractivity (Wildman–Crippen MR) is 133 cm³/mol. The molecule has 0 bridgehead atoms. The number of aromatic nitrogens is 1. The lowest BCUT2D eigenvalue weighted by molar-refractivity contribution is -0.141. The fraction of sp³-hybridized carbons (Fsp3) is 0.308. The number of rotatable bonds is 10. The SMILES string of the molecule is CC(CCNC(=O)c1csc(CCNC(=O)OCC2c3ccccc3-c3ccccc32)n1)C(=O)O. The summed E-state index contributed by atoms with van der Waals surface area (Å²) in [7, 11) is 0. The van der Waals surface area contributed by atoms with E-state index in [2.05, 4.69) is 39.9 Å². The van der Waals surface area contributed by atoms with E-state index >= 15 is 0 Å². The van der Waals surface area contributed by atoms with Crippen LogP contribution >= 0.6 is 11.3 Å². The number of thiazole rings is 1.